The first kappa shape index (κ1) is 18.0. The van der Waals surface area contributed by atoms with Crippen molar-refractivity contribution in [1.82, 2.24) is 9.29 Å². The van der Waals surface area contributed by atoms with Gasteiger partial charge in [0.15, 0.2) is 5.13 Å². The smallest absolute Gasteiger partial charge is 0.244 e. The summed E-state index contributed by atoms with van der Waals surface area (Å²) in [7, 11) is -3.38. The number of aromatic nitrogens is 1. The van der Waals surface area contributed by atoms with Crippen molar-refractivity contribution in [2.75, 3.05) is 18.1 Å². The highest BCUT2D eigenvalue weighted by atomic mass is 32.2. The van der Waals surface area contributed by atoms with Crippen molar-refractivity contribution in [3.05, 3.63) is 34.7 Å². The van der Waals surface area contributed by atoms with Crippen LogP contribution in [0.1, 0.15) is 24.0 Å². The number of anilines is 1. The van der Waals surface area contributed by atoms with Crippen LogP contribution in [-0.4, -0.2) is 42.5 Å². The van der Waals surface area contributed by atoms with E-state index in [0.717, 1.165) is 28.6 Å². The van der Waals surface area contributed by atoms with Crippen molar-refractivity contribution in [3.63, 3.8) is 0 Å². The van der Waals surface area contributed by atoms with Gasteiger partial charge in [-0.05, 0) is 38.3 Å². The molecule has 1 amide bonds. The minimum atomic E-state index is -3.38. The fourth-order valence-corrected chi connectivity index (χ4v) is 4.89. The van der Waals surface area contributed by atoms with E-state index < -0.39 is 16.1 Å². The number of rotatable bonds is 4. The summed E-state index contributed by atoms with van der Waals surface area (Å²) in [4.78, 5) is 17.0. The highest BCUT2D eigenvalue weighted by Gasteiger charge is 2.36. The van der Waals surface area contributed by atoms with Crippen molar-refractivity contribution >= 4 is 32.4 Å². The van der Waals surface area contributed by atoms with E-state index >= 15 is 0 Å². The number of amides is 1. The summed E-state index contributed by atoms with van der Waals surface area (Å²) >= 11 is 1.34. The van der Waals surface area contributed by atoms with Crippen LogP contribution in [0.2, 0.25) is 0 Å². The molecule has 25 heavy (non-hydrogen) atoms. The Balaban J connectivity index is 1.77. The molecule has 2 heterocycles. The van der Waals surface area contributed by atoms with E-state index in [9.17, 15) is 13.2 Å². The molecule has 1 unspecified atom stereocenters. The zero-order chi connectivity index (χ0) is 18.2. The first-order chi connectivity index (χ1) is 11.8. The van der Waals surface area contributed by atoms with Gasteiger partial charge < -0.3 is 5.32 Å². The maximum absolute atomic E-state index is 12.5. The molecule has 0 radical (unpaired) electrons. The molecular weight excluding hydrogens is 358 g/mol. The van der Waals surface area contributed by atoms with Crippen LogP contribution in [0.15, 0.2) is 23.6 Å². The Bertz CT molecular complexity index is 906. The first-order valence-electron chi connectivity index (χ1n) is 8.06. The molecule has 1 saturated heterocycles. The topological polar surface area (TPSA) is 79.4 Å². The molecule has 1 N–H and O–H groups in total. The van der Waals surface area contributed by atoms with E-state index in [4.69, 9.17) is 0 Å². The summed E-state index contributed by atoms with van der Waals surface area (Å²) < 4.78 is 24.8. The maximum Gasteiger partial charge on any atom is 0.244 e. The fraction of sp³-hybridized carbons (Fsp3) is 0.412. The molecule has 8 heteroatoms. The predicted octanol–water partition coefficient (Wildman–Crippen LogP) is 2.79. The van der Waals surface area contributed by atoms with Gasteiger partial charge in [-0.2, -0.15) is 4.31 Å². The number of sulfonamides is 1. The van der Waals surface area contributed by atoms with Crippen LogP contribution in [0.4, 0.5) is 5.13 Å². The Labute approximate surface area is 151 Å². The molecule has 0 aliphatic carbocycles. The van der Waals surface area contributed by atoms with Gasteiger partial charge in [-0.1, -0.05) is 17.7 Å². The maximum atomic E-state index is 12.5. The van der Waals surface area contributed by atoms with Gasteiger partial charge in [-0.25, -0.2) is 13.4 Å². The normalized spacial score (nSPS) is 18.4. The summed E-state index contributed by atoms with van der Waals surface area (Å²) in [6.45, 7) is 4.44. The summed E-state index contributed by atoms with van der Waals surface area (Å²) in [5.74, 6) is -0.315. The largest absolute Gasteiger partial charge is 0.301 e. The van der Waals surface area contributed by atoms with Gasteiger partial charge in [0.05, 0.1) is 11.9 Å². The zero-order valence-electron chi connectivity index (χ0n) is 14.4. The summed E-state index contributed by atoms with van der Waals surface area (Å²) in [5.41, 5.74) is 4.12. The summed E-state index contributed by atoms with van der Waals surface area (Å²) in [6.07, 6.45) is 2.37. The number of carbonyl (C=O) groups excluding carboxylic acids is 1. The molecular formula is C17H21N3O3S2. The Morgan fingerprint density at radius 2 is 2.12 bits per heavy atom. The van der Waals surface area contributed by atoms with E-state index in [-0.39, 0.29) is 5.91 Å². The van der Waals surface area contributed by atoms with E-state index in [1.807, 2.05) is 31.4 Å². The van der Waals surface area contributed by atoms with Crippen LogP contribution in [0, 0.1) is 13.8 Å². The van der Waals surface area contributed by atoms with Crippen molar-refractivity contribution < 1.29 is 13.2 Å². The monoisotopic (exact) mass is 379 g/mol. The zero-order valence-corrected chi connectivity index (χ0v) is 16.1. The Morgan fingerprint density at radius 3 is 2.84 bits per heavy atom. The lowest BCUT2D eigenvalue weighted by Gasteiger charge is -2.20. The van der Waals surface area contributed by atoms with Gasteiger partial charge in [-0.3, -0.25) is 4.79 Å². The molecule has 0 spiro atoms. The van der Waals surface area contributed by atoms with E-state index in [1.165, 1.54) is 15.6 Å². The Morgan fingerprint density at radius 1 is 1.36 bits per heavy atom. The van der Waals surface area contributed by atoms with Gasteiger partial charge >= 0.3 is 0 Å². The molecule has 6 nitrogen and oxygen atoms in total. The lowest BCUT2D eigenvalue weighted by molar-refractivity contribution is -0.119. The van der Waals surface area contributed by atoms with Crippen molar-refractivity contribution in [1.29, 1.82) is 0 Å². The molecule has 0 saturated carbocycles. The van der Waals surface area contributed by atoms with E-state index in [1.54, 1.807) is 0 Å². The second kappa shape index (κ2) is 6.86. The summed E-state index contributed by atoms with van der Waals surface area (Å²) in [6, 6.07) is 5.51. The highest BCUT2D eigenvalue weighted by Crippen LogP contribution is 2.29. The minimum Gasteiger partial charge on any atom is -0.301 e. The standard InChI is InChI=1S/C17H21N3O3S2/c1-11-6-7-12(2)13(9-11)14-10-24-17(18-14)19-16(21)15-5-4-8-20(15)25(3,22)23/h6-7,9-10,15H,4-5,8H2,1-3H3,(H,18,19,21). The minimum absolute atomic E-state index is 0.315. The van der Waals surface area contributed by atoms with Gasteiger partial charge in [-0.15, -0.1) is 11.3 Å². The van der Waals surface area contributed by atoms with E-state index in [2.05, 4.69) is 16.4 Å². The Hall–Kier alpha value is -1.77. The van der Waals surface area contributed by atoms with Gasteiger partial charge in [0.25, 0.3) is 0 Å². The van der Waals surface area contributed by atoms with Gasteiger partial charge in [0.1, 0.15) is 6.04 Å². The lowest BCUT2D eigenvalue weighted by Crippen LogP contribution is -2.42. The first-order valence-corrected chi connectivity index (χ1v) is 10.8. The molecule has 1 aromatic carbocycles. The van der Waals surface area contributed by atoms with Crippen molar-refractivity contribution in [3.8, 4) is 11.3 Å². The number of carbonyl (C=O) groups is 1. The third-order valence-electron chi connectivity index (χ3n) is 4.34. The van der Waals surface area contributed by atoms with Crippen LogP contribution in [-0.2, 0) is 14.8 Å². The summed E-state index contributed by atoms with van der Waals surface area (Å²) in [5, 5.41) is 5.16. The number of benzene rings is 1. The van der Waals surface area contributed by atoms with Crippen LogP contribution in [0.3, 0.4) is 0 Å². The van der Waals surface area contributed by atoms with Crippen molar-refractivity contribution in [2.45, 2.75) is 32.7 Å². The number of aryl methyl sites for hydroxylation is 2. The van der Waals surface area contributed by atoms with Crippen LogP contribution in [0.25, 0.3) is 11.3 Å². The molecule has 1 fully saturated rings. The van der Waals surface area contributed by atoms with Gasteiger partial charge in [0, 0.05) is 17.5 Å². The van der Waals surface area contributed by atoms with Crippen LogP contribution in [0.5, 0.6) is 0 Å². The van der Waals surface area contributed by atoms with Gasteiger partial charge in [0.2, 0.25) is 15.9 Å². The molecule has 3 rings (SSSR count). The lowest BCUT2D eigenvalue weighted by atomic mass is 10.0. The number of nitrogens with one attached hydrogen (secondary N) is 1. The molecule has 1 atom stereocenters. The number of nitrogens with zero attached hydrogens (tertiary/aromatic N) is 2. The number of hydrogen-bond donors (Lipinski definition) is 1. The second-order valence-corrected chi connectivity index (χ2v) is 9.17. The molecule has 0 bridgehead atoms. The Kier molecular flexibility index (Phi) is 4.95. The molecule has 134 valence electrons. The van der Waals surface area contributed by atoms with E-state index in [0.29, 0.717) is 24.5 Å². The third-order valence-corrected chi connectivity index (χ3v) is 6.38. The highest BCUT2D eigenvalue weighted by molar-refractivity contribution is 7.88. The molecule has 1 aliphatic rings. The fourth-order valence-electron chi connectivity index (χ4n) is 3.05. The number of thiazole rings is 1. The second-order valence-electron chi connectivity index (χ2n) is 6.38. The SMILES string of the molecule is Cc1ccc(C)c(-c2csc(NC(=O)C3CCCN3S(C)(=O)=O)n2)c1. The molecule has 2 aromatic rings. The average molecular weight is 380 g/mol. The van der Waals surface area contributed by atoms with Crippen LogP contribution >= 0.6 is 11.3 Å². The molecule has 1 aromatic heterocycles. The van der Waals surface area contributed by atoms with Crippen LogP contribution < -0.4 is 5.32 Å². The quantitative estimate of drug-likeness (QED) is 0.886. The predicted molar refractivity (Wildman–Crippen MR) is 100 cm³/mol. The third kappa shape index (κ3) is 3.91. The average Bonchev–Trinajstić information content (AvgIpc) is 3.18. The number of hydrogen-bond acceptors (Lipinski definition) is 5. The molecule has 1 aliphatic heterocycles. The van der Waals surface area contributed by atoms with Crippen molar-refractivity contribution in [2.24, 2.45) is 0 Å².